The smallest absolute Gasteiger partial charge is 0.381 e. The lowest BCUT2D eigenvalue weighted by Gasteiger charge is -1.89. The van der Waals surface area contributed by atoms with Crippen molar-refractivity contribution in [2.45, 2.75) is 13.3 Å². The second-order valence-corrected chi connectivity index (χ2v) is 3.31. The molecule has 0 aliphatic carbocycles. The molecule has 0 spiro atoms. The predicted octanol–water partition coefficient (Wildman–Crippen LogP) is 0.390. The normalized spacial score (nSPS) is 24.1. The molecule has 6 heteroatoms. The summed E-state index contributed by atoms with van der Waals surface area (Å²) in [5.74, 6) is 0.824. The van der Waals surface area contributed by atoms with Crippen molar-refractivity contribution in [3.05, 3.63) is 0 Å². The number of hydrogen-bond donors (Lipinski definition) is 2. The van der Waals surface area contributed by atoms with E-state index in [2.05, 4.69) is 6.92 Å². The van der Waals surface area contributed by atoms with E-state index in [1.54, 1.807) is 0 Å². The zero-order valence-corrected chi connectivity index (χ0v) is 7.04. The molecule has 2 N–H and O–H groups in total. The first-order chi connectivity index (χ1) is 4.89. The molecule has 1 heterocycles. The Bertz CT molecular complexity index is 171. The molecule has 0 aromatic heterocycles. The van der Waals surface area contributed by atoms with Crippen LogP contribution in [0.1, 0.15) is 13.3 Å². The molecule has 1 rings (SSSR count). The fraction of sp³-hybridized carbons (Fsp3) is 1.00. The highest BCUT2D eigenvalue weighted by atomic mass is 32.3. The van der Waals surface area contributed by atoms with Crippen LogP contribution in [-0.2, 0) is 15.1 Å². The third-order valence-corrected chi connectivity index (χ3v) is 1.16. The molecular weight excluding hydrogens is 172 g/mol. The topological polar surface area (TPSA) is 83.8 Å². The van der Waals surface area contributed by atoms with Crippen LogP contribution in [0.3, 0.4) is 0 Å². The van der Waals surface area contributed by atoms with Gasteiger partial charge in [0.2, 0.25) is 0 Å². The Labute approximate surface area is 65.9 Å². The molecule has 0 aromatic rings. The monoisotopic (exact) mass is 184 g/mol. The lowest BCUT2D eigenvalue weighted by Crippen LogP contribution is -1.89. The molecule has 5 nitrogen and oxygen atoms in total. The van der Waals surface area contributed by atoms with Crippen LogP contribution in [0.2, 0.25) is 0 Å². The van der Waals surface area contributed by atoms with Crippen molar-refractivity contribution in [1.82, 2.24) is 0 Å². The summed E-state index contributed by atoms with van der Waals surface area (Å²) in [5.41, 5.74) is 0. The molecule has 0 aromatic carbocycles. The first-order valence-electron chi connectivity index (χ1n) is 3.17. The van der Waals surface area contributed by atoms with E-state index >= 15 is 0 Å². The van der Waals surface area contributed by atoms with E-state index in [9.17, 15) is 0 Å². The largest absolute Gasteiger partial charge is 0.394 e. The minimum Gasteiger partial charge on any atom is -0.381 e. The van der Waals surface area contributed by atoms with Crippen LogP contribution in [0.4, 0.5) is 0 Å². The van der Waals surface area contributed by atoms with E-state index in [0.29, 0.717) is 0 Å². The van der Waals surface area contributed by atoms with E-state index in [0.717, 1.165) is 19.1 Å². The molecule has 11 heavy (non-hydrogen) atoms. The Morgan fingerprint density at radius 2 is 1.91 bits per heavy atom. The maximum absolute atomic E-state index is 8.74. The van der Waals surface area contributed by atoms with Gasteiger partial charge in [0.25, 0.3) is 0 Å². The summed E-state index contributed by atoms with van der Waals surface area (Å²) >= 11 is 0. The van der Waals surface area contributed by atoms with Gasteiger partial charge in [0.05, 0.1) is 0 Å². The zero-order chi connectivity index (χ0) is 8.91. The van der Waals surface area contributed by atoms with Gasteiger partial charge in [0.1, 0.15) is 0 Å². The molecule has 1 aliphatic rings. The summed E-state index contributed by atoms with van der Waals surface area (Å²) in [7, 11) is -4.67. The van der Waals surface area contributed by atoms with E-state index < -0.39 is 10.4 Å². The summed E-state index contributed by atoms with van der Waals surface area (Å²) < 4.78 is 36.6. The third-order valence-electron chi connectivity index (χ3n) is 1.16. The fourth-order valence-corrected chi connectivity index (χ4v) is 0.652. The first kappa shape index (κ1) is 10.8. The molecule has 1 atom stereocenters. The van der Waals surface area contributed by atoms with Crippen molar-refractivity contribution in [2.75, 3.05) is 13.2 Å². The van der Waals surface area contributed by atoms with Crippen LogP contribution < -0.4 is 0 Å². The Morgan fingerprint density at radius 1 is 1.45 bits per heavy atom. The van der Waals surface area contributed by atoms with Gasteiger partial charge < -0.3 is 4.74 Å². The van der Waals surface area contributed by atoms with Crippen LogP contribution in [0.5, 0.6) is 0 Å². The molecule has 0 radical (unpaired) electrons. The van der Waals surface area contributed by atoms with Crippen LogP contribution in [0.25, 0.3) is 0 Å². The maximum Gasteiger partial charge on any atom is 0.394 e. The van der Waals surface area contributed by atoms with Crippen molar-refractivity contribution in [3.8, 4) is 0 Å². The van der Waals surface area contributed by atoms with Gasteiger partial charge in [-0.15, -0.1) is 0 Å². The molecule has 0 saturated carbocycles. The van der Waals surface area contributed by atoms with Crippen LogP contribution in [0, 0.1) is 5.92 Å². The van der Waals surface area contributed by atoms with Gasteiger partial charge in [-0.3, -0.25) is 9.11 Å². The average Bonchev–Trinajstić information content (AvgIpc) is 2.12. The Kier molecular flexibility index (Phi) is 4.58. The number of hydrogen-bond acceptors (Lipinski definition) is 3. The standard InChI is InChI=1S/C5H10O.H2O4S/c1-5-2-3-6-4-5;1-5(2,3)4/h5H,2-4H2,1H3;(H2,1,2,3,4). The quantitative estimate of drug-likeness (QED) is 0.532. The van der Waals surface area contributed by atoms with Crippen molar-refractivity contribution in [3.63, 3.8) is 0 Å². The first-order valence-corrected chi connectivity index (χ1v) is 4.57. The Balaban J connectivity index is 0.000000187. The van der Waals surface area contributed by atoms with Gasteiger partial charge in [0.15, 0.2) is 0 Å². The lowest BCUT2D eigenvalue weighted by atomic mass is 10.2. The van der Waals surface area contributed by atoms with Crippen LogP contribution >= 0.6 is 0 Å². The highest BCUT2D eigenvalue weighted by molar-refractivity contribution is 7.79. The number of rotatable bonds is 0. The third kappa shape index (κ3) is 12.9. The van der Waals surface area contributed by atoms with Crippen LogP contribution in [0.15, 0.2) is 0 Å². The summed E-state index contributed by atoms with van der Waals surface area (Å²) in [4.78, 5) is 0. The van der Waals surface area contributed by atoms with Crippen LogP contribution in [-0.4, -0.2) is 30.7 Å². The average molecular weight is 184 g/mol. The summed E-state index contributed by atoms with van der Waals surface area (Å²) in [5, 5.41) is 0. The highest BCUT2D eigenvalue weighted by Crippen LogP contribution is 2.09. The van der Waals surface area contributed by atoms with Gasteiger partial charge in [-0.2, -0.15) is 8.42 Å². The van der Waals surface area contributed by atoms with Crippen molar-refractivity contribution < 1.29 is 22.3 Å². The fourth-order valence-electron chi connectivity index (χ4n) is 0.652. The molecule has 68 valence electrons. The van der Waals surface area contributed by atoms with Crippen molar-refractivity contribution in [1.29, 1.82) is 0 Å². The molecule has 0 amide bonds. The van der Waals surface area contributed by atoms with Gasteiger partial charge in [-0.1, -0.05) is 6.92 Å². The van der Waals surface area contributed by atoms with E-state index in [1.807, 2.05) is 0 Å². The molecule has 0 bridgehead atoms. The van der Waals surface area contributed by atoms with Crippen molar-refractivity contribution >= 4 is 10.4 Å². The number of ether oxygens (including phenoxy) is 1. The molecular formula is C5H12O5S. The molecule has 1 aliphatic heterocycles. The van der Waals surface area contributed by atoms with Gasteiger partial charge in [-0.25, -0.2) is 0 Å². The maximum atomic E-state index is 8.74. The van der Waals surface area contributed by atoms with Gasteiger partial charge >= 0.3 is 10.4 Å². The molecule has 1 saturated heterocycles. The van der Waals surface area contributed by atoms with E-state index in [1.165, 1.54) is 6.42 Å². The van der Waals surface area contributed by atoms with Gasteiger partial charge in [-0.05, 0) is 12.3 Å². The van der Waals surface area contributed by atoms with E-state index in [4.69, 9.17) is 22.3 Å². The predicted molar refractivity (Wildman–Crippen MR) is 38.8 cm³/mol. The highest BCUT2D eigenvalue weighted by Gasteiger charge is 2.07. The SMILES string of the molecule is CC1CCOC1.O=S(=O)(O)O. The van der Waals surface area contributed by atoms with Crippen molar-refractivity contribution in [2.24, 2.45) is 5.92 Å². The second kappa shape index (κ2) is 4.66. The summed E-state index contributed by atoms with van der Waals surface area (Å²) in [6.45, 7) is 4.19. The summed E-state index contributed by atoms with van der Waals surface area (Å²) in [6.07, 6.45) is 1.26. The summed E-state index contributed by atoms with van der Waals surface area (Å²) in [6, 6.07) is 0. The van der Waals surface area contributed by atoms with Gasteiger partial charge in [0, 0.05) is 13.2 Å². The Morgan fingerprint density at radius 3 is 2.00 bits per heavy atom. The van der Waals surface area contributed by atoms with E-state index in [-0.39, 0.29) is 0 Å². The molecule has 1 fully saturated rings. The zero-order valence-electron chi connectivity index (χ0n) is 6.23. The minimum absolute atomic E-state index is 0.824. The molecule has 1 unspecified atom stereocenters. The second-order valence-electron chi connectivity index (χ2n) is 2.42. The lowest BCUT2D eigenvalue weighted by molar-refractivity contribution is 0.188. The minimum atomic E-state index is -4.67. The Hall–Kier alpha value is -0.170.